The fourth-order valence-electron chi connectivity index (χ4n) is 8.22. The Morgan fingerprint density at radius 1 is 1.07 bits per heavy atom. The third-order valence-corrected chi connectivity index (χ3v) is 12.8. The number of rotatable bonds is 1. The van der Waals surface area contributed by atoms with Crippen LogP contribution >= 0.6 is 11.6 Å². The number of nitrogens with zero attached hydrogens (tertiary/aromatic N) is 1. The minimum Gasteiger partial charge on any atom is -0.490 e. The van der Waals surface area contributed by atoms with Crippen molar-refractivity contribution in [2.75, 3.05) is 24.6 Å². The number of nitrogens with one attached hydrogen (secondary N) is 1. The van der Waals surface area contributed by atoms with E-state index in [4.69, 9.17) is 16.3 Å². The Labute approximate surface area is 276 Å². The van der Waals surface area contributed by atoms with E-state index in [1.807, 2.05) is 43.3 Å². The van der Waals surface area contributed by atoms with Crippen LogP contribution in [-0.2, 0) is 21.9 Å². The number of anilines is 1. The highest BCUT2D eigenvalue weighted by molar-refractivity contribution is 7.90. The zero-order valence-corrected chi connectivity index (χ0v) is 27.6. The van der Waals surface area contributed by atoms with Crippen molar-refractivity contribution >= 4 is 33.2 Å². The fraction of sp³-hybridized carbons (Fsp3) is 0.432. The average molecular weight is 661 g/mol. The lowest BCUT2D eigenvalue weighted by molar-refractivity contribution is 0.0456. The number of hydrogen-bond donors (Lipinski definition) is 2. The molecule has 1 amide bonds. The van der Waals surface area contributed by atoms with E-state index < -0.39 is 27.3 Å². The van der Waals surface area contributed by atoms with Crippen LogP contribution < -0.4 is 14.4 Å². The van der Waals surface area contributed by atoms with Crippen molar-refractivity contribution in [2.24, 2.45) is 17.8 Å². The number of carbonyl (C=O) groups excluding carboxylic acids is 1. The van der Waals surface area contributed by atoms with E-state index in [0.717, 1.165) is 42.8 Å². The summed E-state index contributed by atoms with van der Waals surface area (Å²) in [5.74, 6) is 0.0242. The molecule has 0 aromatic heterocycles. The summed E-state index contributed by atoms with van der Waals surface area (Å²) < 4.78 is 36.8. The van der Waals surface area contributed by atoms with Crippen LogP contribution in [0, 0.1) is 17.8 Å². The van der Waals surface area contributed by atoms with Crippen molar-refractivity contribution in [3.63, 3.8) is 0 Å². The SMILES string of the molecule is C[C@H]1C/C=C\[C@H](O)[C@@H]2CC[C@H]2CN2C[C@@]3(CCCc4cc(Cl)ccc43)COc3ccc(cc32)C(=O)NS(=O)(=O)[C@@H]1c1ccccc1. The third-order valence-electron chi connectivity index (χ3n) is 10.7. The molecular weight excluding hydrogens is 620 g/mol. The number of aliphatic hydroxyl groups is 1. The number of hydrogen-bond acceptors (Lipinski definition) is 6. The van der Waals surface area contributed by atoms with Gasteiger partial charge in [-0.2, -0.15) is 0 Å². The van der Waals surface area contributed by atoms with Crippen LogP contribution in [0.5, 0.6) is 5.75 Å². The second-order valence-corrected chi connectivity index (χ2v) is 16.0. The molecule has 46 heavy (non-hydrogen) atoms. The first-order chi connectivity index (χ1) is 22.1. The molecule has 242 valence electrons. The van der Waals surface area contributed by atoms with Crippen molar-refractivity contribution in [3.8, 4) is 5.75 Å². The highest BCUT2D eigenvalue weighted by atomic mass is 35.5. The lowest BCUT2D eigenvalue weighted by Gasteiger charge is -2.45. The standard InChI is InChI=1S/C37H41ClN2O5S/c1-24-7-5-11-33(41)30-15-12-28(30)21-40-22-37(18-6-10-26-19-29(38)14-16-31(26)37)23-45-34-17-13-27(20-32(34)40)36(42)39-46(43,44)35(24)25-8-3-2-4-9-25/h2-5,8-9,11,13-14,16-17,19-20,24,28,30,33,35,41H,6-7,10,12,15,18,21-23H2,1H3,(H,39,42)/b11-5-/t24-,28-,30+,33-,35-,37-/m0/s1. The van der Waals surface area contributed by atoms with Gasteiger partial charge in [0.2, 0.25) is 10.0 Å². The van der Waals surface area contributed by atoms with Crippen LogP contribution in [0.25, 0.3) is 0 Å². The van der Waals surface area contributed by atoms with Crippen molar-refractivity contribution < 1.29 is 23.1 Å². The van der Waals surface area contributed by atoms with E-state index in [2.05, 4.69) is 21.8 Å². The Hall–Kier alpha value is -3.33. The lowest BCUT2D eigenvalue weighted by Crippen LogP contribution is -2.49. The average Bonchev–Trinajstić information content (AvgIpc) is 3.16. The van der Waals surface area contributed by atoms with E-state index in [-0.39, 0.29) is 28.7 Å². The first-order valence-electron chi connectivity index (χ1n) is 16.4. The van der Waals surface area contributed by atoms with Gasteiger partial charge in [0.1, 0.15) is 11.0 Å². The molecule has 4 aliphatic rings. The molecular formula is C37H41ClN2O5S. The summed E-state index contributed by atoms with van der Waals surface area (Å²) in [4.78, 5) is 16.1. The maximum Gasteiger partial charge on any atom is 0.264 e. The van der Waals surface area contributed by atoms with Crippen molar-refractivity contribution in [1.82, 2.24) is 4.72 Å². The number of aryl methyl sites for hydroxylation is 1. The van der Waals surface area contributed by atoms with Crippen LogP contribution in [-0.4, -0.2) is 45.2 Å². The number of allylic oxidation sites excluding steroid dienone is 1. The normalized spacial score (nSPS) is 31.3. The summed E-state index contributed by atoms with van der Waals surface area (Å²) in [5.41, 5.74) is 3.88. The highest BCUT2D eigenvalue weighted by Crippen LogP contribution is 2.47. The predicted molar refractivity (Wildman–Crippen MR) is 181 cm³/mol. The topological polar surface area (TPSA) is 95.9 Å². The van der Waals surface area contributed by atoms with Gasteiger partial charge in [0.25, 0.3) is 5.91 Å². The van der Waals surface area contributed by atoms with Gasteiger partial charge in [0.05, 0.1) is 18.4 Å². The van der Waals surface area contributed by atoms with Crippen LogP contribution in [0.3, 0.4) is 0 Å². The molecule has 0 saturated heterocycles. The first kappa shape index (κ1) is 31.3. The molecule has 2 aliphatic heterocycles. The van der Waals surface area contributed by atoms with Gasteiger partial charge < -0.3 is 14.7 Å². The van der Waals surface area contributed by atoms with Crippen molar-refractivity contribution in [2.45, 2.75) is 62.2 Å². The molecule has 7 rings (SSSR count). The fourth-order valence-corrected chi connectivity index (χ4v) is 10.2. The summed E-state index contributed by atoms with van der Waals surface area (Å²) >= 11 is 6.41. The Kier molecular flexibility index (Phi) is 8.41. The molecule has 0 unspecified atom stereocenters. The molecule has 2 aliphatic carbocycles. The number of sulfonamides is 1. The summed E-state index contributed by atoms with van der Waals surface area (Å²) in [5, 5.41) is 11.1. The van der Waals surface area contributed by atoms with E-state index in [1.165, 1.54) is 11.1 Å². The van der Waals surface area contributed by atoms with Crippen LogP contribution in [0.4, 0.5) is 5.69 Å². The molecule has 2 heterocycles. The number of ether oxygens (including phenoxy) is 1. The molecule has 1 spiro atoms. The molecule has 3 aromatic carbocycles. The van der Waals surface area contributed by atoms with Gasteiger partial charge >= 0.3 is 0 Å². The Morgan fingerprint density at radius 3 is 2.67 bits per heavy atom. The minimum absolute atomic E-state index is 0.0978. The van der Waals surface area contributed by atoms with Gasteiger partial charge in [0, 0.05) is 29.1 Å². The number of amides is 1. The monoisotopic (exact) mass is 660 g/mol. The second kappa shape index (κ2) is 12.4. The van der Waals surface area contributed by atoms with E-state index in [0.29, 0.717) is 37.4 Å². The molecule has 7 nitrogen and oxygen atoms in total. The number of carbonyl (C=O) groups is 1. The Bertz CT molecular complexity index is 1760. The van der Waals surface area contributed by atoms with Gasteiger partial charge in [-0.05, 0) is 103 Å². The highest BCUT2D eigenvalue weighted by Gasteiger charge is 2.44. The second-order valence-electron chi connectivity index (χ2n) is 13.7. The van der Waals surface area contributed by atoms with Gasteiger partial charge in [-0.25, -0.2) is 13.1 Å². The minimum atomic E-state index is -4.13. The van der Waals surface area contributed by atoms with Gasteiger partial charge in [0.15, 0.2) is 0 Å². The Morgan fingerprint density at radius 2 is 1.89 bits per heavy atom. The molecule has 0 radical (unpaired) electrons. The summed E-state index contributed by atoms with van der Waals surface area (Å²) in [6.07, 6.45) is 8.44. The number of benzene rings is 3. The van der Waals surface area contributed by atoms with Crippen LogP contribution in [0.1, 0.15) is 71.3 Å². The molecule has 3 aromatic rings. The smallest absolute Gasteiger partial charge is 0.264 e. The maximum atomic E-state index is 13.9. The van der Waals surface area contributed by atoms with Gasteiger partial charge in [-0.15, -0.1) is 0 Å². The molecule has 1 saturated carbocycles. The molecule has 2 bridgehead atoms. The largest absolute Gasteiger partial charge is 0.490 e. The zero-order valence-electron chi connectivity index (χ0n) is 26.1. The Balaban J connectivity index is 1.30. The van der Waals surface area contributed by atoms with E-state index in [9.17, 15) is 18.3 Å². The summed E-state index contributed by atoms with van der Waals surface area (Å²) in [7, 11) is -4.13. The summed E-state index contributed by atoms with van der Waals surface area (Å²) in [6.45, 7) is 3.74. The molecule has 9 heteroatoms. The number of fused-ring (bicyclic) bond motifs is 4. The maximum absolute atomic E-state index is 13.9. The van der Waals surface area contributed by atoms with E-state index in [1.54, 1.807) is 30.3 Å². The number of halogens is 1. The molecule has 1 fully saturated rings. The first-order valence-corrected chi connectivity index (χ1v) is 18.3. The summed E-state index contributed by atoms with van der Waals surface area (Å²) in [6, 6.07) is 20.4. The molecule has 2 N–H and O–H groups in total. The van der Waals surface area contributed by atoms with Gasteiger partial charge in [-0.3, -0.25) is 4.79 Å². The number of aliphatic hydroxyl groups excluding tert-OH is 1. The van der Waals surface area contributed by atoms with Gasteiger partial charge in [-0.1, -0.05) is 67.1 Å². The van der Waals surface area contributed by atoms with Crippen LogP contribution in [0.2, 0.25) is 5.02 Å². The van der Waals surface area contributed by atoms with Crippen molar-refractivity contribution in [3.05, 3.63) is 106 Å². The zero-order chi connectivity index (χ0) is 32.1. The van der Waals surface area contributed by atoms with Crippen molar-refractivity contribution in [1.29, 1.82) is 0 Å². The lowest BCUT2D eigenvalue weighted by atomic mass is 9.68. The third kappa shape index (κ3) is 5.84. The molecule has 6 atom stereocenters. The quantitative estimate of drug-likeness (QED) is 0.286. The van der Waals surface area contributed by atoms with E-state index >= 15 is 0 Å². The predicted octanol–water partition coefficient (Wildman–Crippen LogP) is 6.60. The van der Waals surface area contributed by atoms with Crippen LogP contribution in [0.15, 0.2) is 78.9 Å².